The van der Waals surface area contributed by atoms with Crippen LogP contribution in [0.4, 0.5) is 0 Å². The third kappa shape index (κ3) is 35.2. The van der Waals surface area contributed by atoms with Gasteiger partial charge in [0.05, 0.1) is 6.61 Å². The van der Waals surface area contributed by atoms with Crippen molar-refractivity contribution in [3.05, 3.63) is 24.3 Å². The van der Waals surface area contributed by atoms with Crippen LogP contribution in [0.2, 0.25) is 0 Å². The number of phosphoric ester groups is 1. The van der Waals surface area contributed by atoms with Crippen molar-refractivity contribution < 1.29 is 37.9 Å². The molecule has 264 valence electrons. The van der Waals surface area contributed by atoms with Gasteiger partial charge in [-0.1, -0.05) is 141 Å². The molecule has 0 aliphatic heterocycles. The van der Waals surface area contributed by atoms with Crippen LogP contribution in [0.3, 0.4) is 0 Å². The van der Waals surface area contributed by atoms with Gasteiger partial charge in [-0.05, 0) is 44.9 Å². The molecule has 45 heavy (non-hydrogen) atoms. The molecule has 0 heterocycles. The molecule has 2 N–H and O–H groups in total. The highest BCUT2D eigenvalue weighted by Gasteiger charge is 2.22. The molecular weight excluding hydrogens is 591 g/mol. The summed E-state index contributed by atoms with van der Waals surface area (Å²) in [5, 5.41) is 0. The Morgan fingerprint density at radius 2 is 1.00 bits per heavy atom. The first-order valence-electron chi connectivity index (χ1n) is 18.1. The molecule has 0 aromatic carbocycles. The third-order valence-corrected chi connectivity index (χ3v) is 8.21. The van der Waals surface area contributed by atoms with Gasteiger partial charge in [0, 0.05) is 12.8 Å². The summed E-state index contributed by atoms with van der Waals surface area (Å²) in [6, 6.07) is 0. The van der Waals surface area contributed by atoms with E-state index < -0.39 is 32.5 Å². The van der Waals surface area contributed by atoms with Crippen LogP contribution < -0.4 is 0 Å². The minimum Gasteiger partial charge on any atom is -0.462 e. The third-order valence-electron chi connectivity index (χ3n) is 7.72. The van der Waals surface area contributed by atoms with E-state index in [4.69, 9.17) is 19.3 Å². The molecule has 0 amide bonds. The van der Waals surface area contributed by atoms with Crippen molar-refractivity contribution in [3.63, 3.8) is 0 Å². The number of carbonyl (C=O) groups excluding carboxylic acids is 2. The topological polar surface area (TPSA) is 119 Å². The van der Waals surface area contributed by atoms with E-state index >= 15 is 0 Å². The number of phosphoric acid groups is 1. The fraction of sp³-hybridized carbons (Fsp3) is 0.833. The normalized spacial score (nSPS) is 12.7. The van der Waals surface area contributed by atoms with Crippen molar-refractivity contribution in [2.75, 3.05) is 13.2 Å². The van der Waals surface area contributed by atoms with E-state index in [-0.39, 0.29) is 19.4 Å². The fourth-order valence-electron chi connectivity index (χ4n) is 4.99. The molecule has 0 spiro atoms. The minimum atomic E-state index is -4.74. The molecule has 0 aliphatic carbocycles. The molecule has 0 saturated heterocycles. The van der Waals surface area contributed by atoms with Crippen LogP contribution in [-0.4, -0.2) is 41.0 Å². The van der Waals surface area contributed by atoms with Gasteiger partial charge in [0.1, 0.15) is 6.61 Å². The van der Waals surface area contributed by atoms with Gasteiger partial charge in [-0.15, -0.1) is 0 Å². The molecule has 9 heteroatoms. The molecule has 0 rings (SSSR count). The second-order valence-electron chi connectivity index (χ2n) is 12.2. The molecule has 0 bridgehead atoms. The summed E-state index contributed by atoms with van der Waals surface area (Å²) in [5.41, 5.74) is 0. The van der Waals surface area contributed by atoms with Gasteiger partial charge in [-0.3, -0.25) is 14.1 Å². The molecule has 0 aromatic rings. The highest BCUT2D eigenvalue weighted by atomic mass is 31.2. The van der Waals surface area contributed by atoms with Crippen molar-refractivity contribution in [2.24, 2.45) is 0 Å². The Labute approximate surface area is 275 Å². The molecule has 0 aliphatic rings. The smallest absolute Gasteiger partial charge is 0.462 e. The minimum absolute atomic E-state index is 0.209. The van der Waals surface area contributed by atoms with Crippen molar-refractivity contribution in [2.45, 2.75) is 180 Å². The van der Waals surface area contributed by atoms with Gasteiger partial charge < -0.3 is 19.3 Å². The summed E-state index contributed by atoms with van der Waals surface area (Å²) in [6.07, 6.45) is 34.8. The van der Waals surface area contributed by atoms with E-state index in [1.54, 1.807) is 0 Å². The lowest BCUT2D eigenvalue weighted by Gasteiger charge is -2.18. The number of carbonyl (C=O) groups is 2. The van der Waals surface area contributed by atoms with Gasteiger partial charge in [0.25, 0.3) is 0 Å². The van der Waals surface area contributed by atoms with Gasteiger partial charge in [0.15, 0.2) is 6.10 Å². The van der Waals surface area contributed by atoms with E-state index in [2.05, 4.69) is 42.7 Å². The second kappa shape index (κ2) is 32.5. The van der Waals surface area contributed by atoms with Gasteiger partial charge in [-0.25, -0.2) is 4.57 Å². The average molecular weight is 659 g/mol. The highest BCUT2D eigenvalue weighted by molar-refractivity contribution is 7.46. The maximum Gasteiger partial charge on any atom is 0.469 e. The van der Waals surface area contributed by atoms with Crippen LogP contribution in [0.15, 0.2) is 24.3 Å². The number of unbranched alkanes of at least 4 members (excludes halogenated alkanes) is 19. The van der Waals surface area contributed by atoms with Crippen molar-refractivity contribution in [1.29, 1.82) is 0 Å². The van der Waals surface area contributed by atoms with Crippen LogP contribution in [0.1, 0.15) is 174 Å². The van der Waals surface area contributed by atoms with Crippen LogP contribution in [0.25, 0.3) is 0 Å². The van der Waals surface area contributed by atoms with Crippen LogP contribution in [0, 0.1) is 0 Å². The summed E-state index contributed by atoms with van der Waals surface area (Å²) in [6.45, 7) is 3.61. The van der Waals surface area contributed by atoms with E-state index in [1.807, 2.05) is 0 Å². The summed E-state index contributed by atoms with van der Waals surface area (Å²) in [7, 11) is -4.74. The van der Waals surface area contributed by atoms with Crippen LogP contribution in [0.5, 0.6) is 0 Å². The number of ether oxygens (including phenoxy) is 2. The Balaban J connectivity index is 3.91. The van der Waals surface area contributed by atoms with E-state index in [9.17, 15) is 14.2 Å². The first-order valence-corrected chi connectivity index (χ1v) is 19.7. The van der Waals surface area contributed by atoms with Crippen LogP contribution in [-0.2, 0) is 28.2 Å². The fourth-order valence-corrected chi connectivity index (χ4v) is 5.35. The lowest BCUT2D eigenvalue weighted by atomic mass is 10.1. The SMILES string of the molecule is CCCCC/C=C/C/C=C/CCCCCCCCCCCC(=O)O[C@H](COC(=O)CCCCCCCCCC)COP(=O)(O)O. The summed E-state index contributed by atoms with van der Waals surface area (Å²) in [5.74, 6) is -0.892. The first-order chi connectivity index (χ1) is 21.8. The summed E-state index contributed by atoms with van der Waals surface area (Å²) < 4.78 is 26.2. The van der Waals surface area contributed by atoms with Crippen molar-refractivity contribution in [1.82, 2.24) is 0 Å². The molecule has 0 unspecified atom stereocenters. The molecule has 0 radical (unpaired) electrons. The Morgan fingerprint density at radius 1 is 0.578 bits per heavy atom. The lowest BCUT2D eigenvalue weighted by molar-refractivity contribution is -0.161. The van der Waals surface area contributed by atoms with E-state index in [0.717, 1.165) is 51.4 Å². The maximum atomic E-state index is 12.3. The zero-order valence-corrected chi connectivity index (χ0v) is 29.7. The van der Waals surface area contributed by atoms with Gasteiger partial charge in [0.2, 0.25) is 0 Å². The molecule has 0 saturated carbocycles. The Morgan fingerprint density at radius 3 is 1.51 bits per heavy atom. The number of esters is 2. The predicted molar refractivity (Wildman–Crippen MR) is 184 cm³/mol. The number of hydrogen-bond donors (Lipinski definition) is 2. The van der Waals surface area contributed by atoms with Crippen LogP contribution >= 0.6 is 7.82 Å². The molecular formula is C36H67O8P. The second-order valence-corrected chi connectivity index (χ2v) is 13.4. The Kier molecular flexibility index (Phi) is 31.4. The number of allylic oxidation sites excluding steroid dienone is 4. The summed E-state index contributed by atoms with van der Waals surface area (Å²) >= 11 is 0. The standard InChI is InChI=1S/C36H67O8P/c1-3-5-7-9-11-13-14-15-16-17-18-19-20-21-22-23-25-27-29-31-36(38)44-34(33-43-45(39,40)41)32-42-35(37)30-28-26-24-12-10-8-6-4-2/h11,13,15-16,34H,3-10,12,14,17-33H2,1-2H3,(H2,39,40,41)/b13-11+,16-15+/t34-/m1/s1. The maximum absolute atomic E-state index is 12.3. The van der Waals surface area contributed by atoms with Gasteiger partial charge in [-0.2, -0.15) is 0 Å². The predicted octanol–water partition coefficient (Wildman–Crippen LogP) is 10.5. The largest absolute Gasteiger partial charge is 0.469 e. The Hall–Kier alpha value is -1.47. The molecule has 8 nitrogen and oxygen atoms in total. The quantitative estimate of drug-likeness (QED) is 0.0309. The summed E-state index contributed by atoms with van der Waals surface area (Å²) in [4.78, 5) is 42.5. The Bertz CT molecular complexity index is 792. The van der Waals surface area contributed by atoms with E-state index in [1.165, 1.54) is 89.9 Å². The van der Waals surface area contributed by atoms with E-state index in [0.29, 0.717) is 6.42 Å². The molecule has 0 fully saturated rings. The first kappa shape index (κ1) is 43.5. The monoisotopic (exact) mass is 658 g/mol. The van der Waals surface area contributed by atoms with Gasteiger partial charge >= 0.3 is 19.8 Å². The number of hydrogen-bond acceptors (Lipinski definition) is 6. The zero-order chi connectivity index (χ0) is 33.3. The molecule has 1 atom stereocenters. The number of rotatable bonds is 33. The lowest BCUT2D eigenvalue weighted by Crippen LogP contribution is -2.29. The highest BCUT2D eigenvalue weighted by Crippen LogP contribution is 2.36. The molecule has 0 aromatic heterocycles. The van der Waals surface area contributed by atoms with Crippen molar-refractivity contribution in [3.8, 4) is 0 Å². The van der Waals surface area contributed by atoms with Crippen molar-refractivity contribution >= 4 is 19.8 Å². The zero-order valence-electron chi connectivity index (χ0n) is 28.8. The average Bonchev–Trinajstić information content (AvgIpc) is 3.00.